The maximum absolute atomic E-state index is 7.06. The standard InChI is InChI=1S/C42H48ClIO5/c1-4-38-28(3)40(47-25-30-12-8-6-9-13-30)42(48-26-31-14-10-7-11-15-31)41(49-38)36-22-32(20-29-16-18-35(19-17-29)45-5-2)37(43)23-39(36)46-27-34-21-33(34)24-44/h6-19,22-23,28,33-34,38,40-42H,4-5,20-21,24-27H2,1-3H3/t28-,33+,34-,38-,40+,41+,42-/m1/s1. The fraction of sp³-hybridized carbons (Fsp3) is 0.429. The van der Waals surface area contributed by atoms with Gasteiger partial charge < -0.3 is 23.7 Å². The van der Waals surface area contributed by atoms with Gasteiger partial charge in [0.15, 0.2) is 0 Å². The van der Waals surface area contributed by atoms with Crippen LogP contribution in [-0.4, -0.2) is 36.0 Å². The molecule has 1 heterocycles. The molecule has 6 rings (SSSR count). The minimum absolute atomic E-state index is 0.0210. The van der Waals surface area contributed by atoms with Crippen LogP contribution < -0.4 is 9.47 Å². The molecule has 1 aliphatic heterocycles. The number of hydrogen-bond donors (Lipinski definition) is 0. The van der Waals surface area contributed by atoms with Gasteiger partial charge in [0.05, 0.1) is 38.6 Å². The van der Waals surface area contributed by atoms with Crippen molar-refractivity contribution in [2.75, 3.05) is 17.6 Å². The minimum atomic E-state index is -0.420. The maximum Gasteiger partial charge on any atom is 0.126 e. The SMILES string of the molecule is CCOc1ccc(Cc2cc([C@@H]3O[C@H](CC)[C@@H](C)[C@H](OCc4ccccc4)[C@H]3OCc3ccccc3)c(OC[C@H]3C[C@H]3CI)cc2Cl)cc1. The van der Waals surface area contributed by atoms with Gasteiger partial charge in [-0.25, -0.2) is 0 Å². The Hall–Kier alpha value is -2.62. The smallest absolute Gasteiger partial charge is 0.126 e. The number of hydrogen-bond acceptors (Lipinski definition) is 5. The summed E-state index contributed by atoms with van der Waals surface area (Å²) in [4.78, 5) is 0. The maximum atomic E-state index is 7.06. The number of ether oxygens (including phenoxy) is 5. The first kappa shape index (κ1) is 36.2. The van der Waals surface area contributed by atoms with Gasteiger partial charge in [-0.1, -0.05) is 121 Å². The van der Waals surface area contributed by atoms with E-state index >= 15 is 0 Å². The molecule has 7 heteroatoms. The molecule has 5 nitrogen and oxygen atoms in total. The summed E-state index contributed by atoms with van der Waals surface area (Å²) >= 11 is 9.54. The van der Waals surface area contributed by atoms with Gasteiger partial charge in [0.1, 0.15) is 23.7 Å². The minimum Gasteiger partial charge on any atom is -0.494 e. The van der Waals surface area contributed by atoms with Crippen molar-refractivity contribution in [3.8, 4) is 11.5 Å². The predicted molar refractivity (Wildman–Crippen MR) is 205 cm³/mol. The molecule has 4 aromatic rings. The first-order valence-electron chi connectivity index (χ1n) is 17.7. The molecule has 0 spiro atoms. The lowest BCUT2D eigenvalue weighted by molar-refractivity contribution is -0.235. The van der Waals surface area contributed by atoms with Crippen LogP contribution in [0.15, 0.2) is 97.1 Å². The number of benzene rings is 4. The second-order valence-corrected chi connectivity index (χ2v) is 14.6. The Balaban J connectivity index is 1.37. The van der Waals surface area contributed by atoms with Crippen LogP contribution in [0.5, 0.6) is 11.5 Å². The molecule has 49 heavy (non-hydrogen) atoms. The summed E-state index contributed by atoms with van der Waals surface area (Å²) in [7, 11) is 0. The summed E-state index contributed by atoms with van der Waals surface area (Å²) < 4.78 is 34.3. The van der Waals surface area contributed by atoms with Crippen molar-refractivity contribution in [3.05, 3.63) is 130 Å². The van der Waals surface area contributed by atoms with Crippen molar-refractivity contribution >= 4 is 34.2 Å². The largest absolute Gasteiger partial charge is 0.494 e. The molecule has 0 amide bonds. The summed E-state index contributed by atoms with van der Waals surface area (Å²) in [5.41, 5.74) is 5.38. The summed E-state index contributed by atoms with van der Waals surface area (Å²) in [6, 6.07) is 33.1. The van der Waals surface area contributed by atoms with Gasteiger partial charge in [-0.2, -0.15) is 0 Å². The van der Waals surface area contributed by atoms with Crippen molar-refractivity contribution in [1.82, 2.24) is 0 Å². The topological polar surface area (TPSA) is 46.2 Å². The van der Waals surface area contributed by atoms with Crippen LogP contribution in [0.2, 0.25) is 5.02 Å². The Kier molecular flexibility index (Phi) is 13.0. The zero-order chi connectivity index (χ0) is 34.2. The van der Waals surface area contributed by atoms with Gasteiger partial charge >= 0.3 is 0 Å². The fourth-order valence-corrected chi connectivity index (χ4v) is 8.14. The molecule has 1 saturated carbocycles. The van der Waals surface area contributed by atoms with Gasteiger partial charge in [-0.3, -0.25) is 0 Å². The van der Waals surface area contributed by atoms with Crippen molar-refractivity contribution < 1.29 is 23.7 Å². The molecule has 0 N–H and O–H groups in total. The number of alkyl halides is 1. The fourth-order valence-electron chi connectivity index (χ4n) is 6.85. The van der Waals surface area contributed by atoms with Gasteiger partial charge in [0, 0.05) is 20.9 Å². The number of rotatable bonds is 16. The first-order valence-corrected chi connectivity index (χ1v) is 19.6. The van der Waals surface area contributed by atoms with Crippen LogP contribution in [-0.2, 0) is 33.8 Å². The molecule has 4 aromatic carbocycles. The third kappa shape index (κ3) is 9.39. The lowest BCUT2D eigenvalue weighted by Crippen LogP contribution is -2.51. The Labute approximate surface area is 310 Å². The van der Waals surface area contributed by atoms with E-state index in [4.69, 9.17) is 35.3 Å². The Morgan fingerprint density at radius 3 is 2.02 bits per heavy atom. The Morgan fingerprint density at radius 2 is 1.43 bits per heavy atom. The summed E-state index contributed by atoms with van der Waals surface area (Å²) in [6.07, 6.45) is 1.70. The highest BCUT2D eigenvalue weighted by molar-refractivity contribution is 14.1. The average molecular weight is 795 g/mol. The monoisotopic (exact) mass is 794 g/mol. The quantitative estimate of drug-likeness (QED) is 0.0835. The second kappa shape index (κ2) is 17.5. The van der Waals surface area contributed by atoms with Gasteiger partial charge in [0.25, 0.3) is 0 Å². The van der Waals surface area contributed by atoms with Crippen LogP contribution in [0, 0.1) is 17.8 Å². The van der Waals surface area contributed by atoms with E-state index in [-0.39, 0.29) is 24.2 Å². The molecule has 1 saturated heterocycles. The summed E-state index contributed by atoms with van der Waals surface area (Å²) in [5, 5.41) is 0.684. The molecule has 2 fully saturated rings. The highest BCUT2D eigenvalue weighted by Gasteiger charge is 2.46. The zero-order valence-corrected chi connectivity index (χ0v) is 31.6. The molecular formula is C42H48ClIO5. The molecule has 1 aliphatic carbocycles. The second-order valence-electron chi connectivity index (χ2n) is 13.3. The molecule has 260 valence electrons. The Morgan fingerprint density at radius 1 is 0.776 bits per heavy atom. The molecule has 7 atom stereocenters. The predicted octanol–water partition coefficient (Wildman–Crippen LogP) is 10.4. The summed E-state index contributed by atoms with van der Waals surface area (Å²) in [5.74, 6) is 3.02. The molecule has 0 radical (unpaired) electrons. The van der Waals surface area contributed by atoms with Crippen molar-refractivity contribution in [3.63, 3.8) is 0 Å². The highest BCUT2D eigenvalue weighted by atomic mass is 127. The van der Waals surface area contributed by atoms with Crippen LogP contribution in [0.3, 0.4) is 0 Å². The van der Waals surface area contributed by atoms with Crippen LogP contribution >= 0.6 is 34.2 Å². The third-order valence-electron chi connectivity index (χ3n) is 9.86. The van der Waals surface area contributed by atoms with Crippen molar-refractivity contribution in [2.24, 2.45) is 17.8 Å². The van der Waals surface area contributed by atoms with E-state index < -0.39 is 6.10 Å². The number of halogens is 2. The molecule has 0 aromatic heterocycles. The zero-order valence-electron chi connectivity index (χ0n) is 28.7. The average Bonchev–Trinajstić information content (AvgIpc) is 3.91. The summed E-state index contributed by atoms with van der Waals surface area (Å²) in [6.45, 7) is 8.66. The lowest BCUT2D eigenvalue weighted by atomic mass is 9.83. The van der Waals surface area contributed by atoms with E-state index in [1.165, 1.54) is 6.42 Å². The van der Waals surface area contributed by atoms with E-state index in [0.717, 1.165) is 50.2 Å². The van der Waals surface area contributed by atoms with E-state index in [2.05, 4.69) is 91.0 Å². The van der Waals surface area contributed by atoms with Crippen LogP contribution in [0.25, 0.3) is 0 Å². The van der Waals surface area contributed by atoms with Gasteiger partial charge in [-0.05, 0) is 84.5 Å². The van der Waals surface area contributed by atoms with Crippen molar-refractivity contribution in [1.29, 1.82) is 0 Å². The van der Waals surface area contributed by atoms with Crippen LogP contribution in [0.1, 0.15) is 67.5 Å². The molecule has 2 aliphatic rings. The van der Waals surface area contributed by atoms with E-state index in [1.807, 2.05) is 49.4 Å². The normalized spacial score (nSPS) is 24.8. The lowest BCUT2D eigenvalue weighted by Gasteiger charge is -2.46. The van der Waals surface area contributed by atoms with E-state index in [9.17, 15) is 0 Å². The van der Waals surface area contributed by atoms with E-state index in [0.29, 0.717) is 49.7 Å². The van der Waals surface area contributed by atoms with Crippen molar-refractivity contribution in [2.45, 2.75) is 77.7 Å². The molecule has 0 bridgehead atoms. The molecule has 0 unspecified atom stereocenters. The van der Waals surface area contributed by atoms with Gasteiger partial charge in [0.2, 0.25) is 0 Å². The van der Waals surface area contributed by atoms with Crippen LogP contribution in [0.4, 0.5) is 0 Å². The van der Waals surface area contributed by atoms with Gasteiger partial charge in [-0.15, -0.1) is 0 Å². The third-order valence-corrected chi connectivity index (χ3v) is 11.3. The highest BCUT2D eigenvalue weighted by Crippen LogP contribution is 2.46. The molecular weight excluding hydrogens is 747 g/mol. The Bertz CT molecular complexity index is 1600. The van der Waals surface area contributed by atoms with E-state index in [1.54, 1.807) is 0 Å². The first-order chi connectivity index (χ1) is 24.0.